The zero-order valence-electron chi connectivity index (χ0n) is 15.0. The lowest BCUT2D eigenvalue weighted by atomic mass is 10.2. The van der Waals surface area contributed by atoms with Crippen LogP contribution in [0, 0.1) is 0 Å². The van der Waals surface area contributed by atoms with Crippen LogP contribution in [0.4, 0.5) is 11.4 Å². The molecule has 0 saturated carbocycles. The molecule has 2 aromatic carbocycles. The normalized spacial score (nSPS) is 12.7. The molecule has 29 heavy (non-hydrogen) atoms. The maximum atomic E-state index is 12.3. The van der Waals surface area contributed by atoms with Crippen molar-refractivity contribution >= 4 is 46.4 Å². The summed E-state index contributed by atoms with van der Waals surface area (Å²) in [5, 5.41) is 6.33. The number of amides is 2. The molecule has 0 unspecified atom stereocenters. The topological polar surface area (TPSA) is 93.5 Å². The van der Waals surface area contributed by atoms with E-state index >= 15 is 0 Å². The summed E-state index contributed by atoms with van der Waals surface area (Å²) in [7, 11) is 0. The number of rotatable bonds is 5. The second kappa shape index (κ2) is 8.14. The maximum Gasteiger partial charge on any atom is 0.262 e. The van der Waals surface area contributed by atoms with Crippen molar-refractivity contribution in [2.45, 2.75) is 12.8 Å². The second-order valence-electron chi connectivity index (χ2n) is 6.34. The molecule has 2 amide bonds. The summed E-state index contributed by atoms with van der Waals surface area (Å²) in [6.07, 6.45) is 2.10. The number of hydrogen-bond donors (Lipinski definition) is 2. The average molecular weight is 432 g/mol. The molecule has 4 rings (SSSR count). The molecule has 7 nitrogen and oxygen atoms in total. The van der Waals surface area contributed by atoms with Crippen LogP contribution in [0.1, 0.15) is 12.3 Å². The fourth-order valence-corrected chi connectivity index (χ4v) is 3.14. The third-order valence-corrected chi connectivity index (χ3v) is 4.79. The number of fused-ring (bicyclic) bond motifs is 1. The summed E-state index contributed by atoms with van der Waals surface area (Å²) in [4.78, 5) is 27.9. The van der Waals surface area contributed by atoms with Gasteiger partial charge in [0.15, 0.2) is 18.3 Å². The number of anilines is 2. The molecule has 0 bridgehead atoms. The Bertz CT molecular complexity index is 1080. The van der Waals surface area contributed by atoms with Crippen LogP contribution >= 0.6 is 23.2 Å². The SMILES string of the molecule is O=C(CCc1ncc(-c2ccc(Cl)cc2)o1)Nc1cc2c(cc1Cl)NC(=O)CO2. The van der Waals surface area contributed by atoms with Gasteiger partial charge in [0.25, 0.3) is 5.91 Å². The van der Waals surface area contributed by atoms with E-state index in [9.17, 15) is 9.59 Å². The Kier molecular flexibility index (Phi) is 5.42. The van der Waals surface area contributed by atoms with Gasteiger partial charge < -0.3 is 19.8 Å². The van der Waals surface area contributed by atoms with Crippen LogP contribution in [0.15, 0.2) is 47.0 Å². The number of aromatic nitrogens is 1. The predicted octanol–water partition coefficient (Wildman–Crippen LogP) is 4.55. The van der Waals surface area contributed by atoms with Crippen molar-refractivity contribution in [1.82, 2.24) is 4.98 Å². The number of hydrogen-bond acceptors (Lipinski definition) is 5. The molecule has 0 fully saturated rings. The van der Waals surface area contributed by atoms with E-state index in [1.165, 1.54) is 6.07 Å². The Morgan fingerprint density at radius 3 is 2.79 bits per heavy atom. The molecular formula is C20H15Cl2N3O4. The maximum absolute atomic E-state index is 12.3. The predicted molar refractivity (Wildman–Crippen MR) is 109 cm³/mol. The summed E-state index contributed by atoms with van der Waals surface area (Å²) < 4.78 is 11.0. The largest absolute Gasteiger partial charge is 0.482 e. The number of oxazole rings is 1. The van der Waals surface area contributed by atoms with Gasteiger partial charge >= 0.3 is 0 Å². The van der Waals surface area contributed by atoms with Crippen molar-refractivity contribution in [2.75, 3.05) is 17.2 Å². The number of carbonyl (C=O) groups is 2. The highest BCUT2D eigenvalue weighted by Crippen LogP contribution is 2.36. The van der Waals surface area contributed by atoms with Gasteiger partial charge in [0.2, 0.25) is 5.91 Å². The van der Waals surface area contributed by atoms with E-state index in [4.69, 9.17) is 32.4 Å². The summed E-state index contributed by atoms with van der Waals surface area (Å²) in [6, 6.07) is 10.3. The smallest absolute Gasteiger partial charge is 0.262 e. The van der Waals surface area contributed by atoms with Crippen LogP contribution in [-0.4, -0.2) is 23.4 Å². The third-order valence-electron chi connectivity index (χ3n) is 4.22. The lowest BCUT2D eigenvalue weighted by Crippen LogP contribution is -2.25. The molecule has 0 atom stereocenters. The van der Waals surface area contributed by atoms with E-state index < -0.39 is 0 Å². The minimum Gasteiger partial charge on any atom is -0.482 e. The third kappa shape index (κ3) is 4.52. The van der Waals surface area contributed by atoms with E-state index in [0.29, 0.717) is 45.2 Å². The van der Waals surface area contributed by atoms with E-state index in [1.54, 1.807) is 24.4 Å². The zero-order chi connectivity index (χ0) is 20.4. The molecule has 2 N–H and O–H groups in total. The minimum absolute atomic E-state index is 0.0812. The Balaban J connectivity index is 1.37. The van der Waals surface area contributed by atoms with Crippen LogP contribution < -0.4 is 15.4 Å². The minimum atomic E-state index is -0.255. The molecule has 148 valence electrons. The van der Waals surface area contributed by atoms with Gasteiger partial charge in [-0.05, 0) is 30.3 Å². The molecule has 2 heterocycles. The molecule has 0 spiro atoms. The zero-order valence-corrected chi connectivity index (χ0v) is 16.5. The van der Waals surface area contributed by atoms with E-state index in [1.807, 2.05) is 12.1 Å². The van der Waals surface area contributed by atoms with E-state index in [0.717, 1.165) is 5.56 Å². The summed E-state index contributed by atoms with van der Waals surface area (Å²) >= 11 is 12.1. The quantitative estimate of drug-likeness (QED) is 0.617. The van der Waals surface area contributed by atoms with Crippen molar-refractivity contribution < 1.29 is 18.7 Å². The van der Waals surface area contributed by atoms with Gasteiger partial charge in [-0.2, -0.15) is 0 Å². The first-order valence-corrected chi connectivity index (χ1v) is 9.50. The molecular weight excluding hydrogens is 417 g/mol. The highest BCUT2D eigenvalue weighted by molar-refractivity contribution is 6.34. The lowest BCUT2D eigenvalue weighted by Gasteiger charge is -2.19. The first-order chi connectivity index (χ1) is 14.0. The number of ether oxygens (including phenoxy) is 1. The van der Waals surface area contributed by atoms with Gasteiger partial charge in [0, 0.05) is 29.5 Å². The van der Waals surface area contributed by atoms with Crippen molar-refractivity contribution in [3.8, 4) is 17.1 Å². The van der Waals surface area contributed by atoms with Gasteiger partial charge in [-0.1, -0.05) is 23.2 Å². The van der Waals surface area contributed by atoms with Crippen LogP contribution in [-0.2, 0) is 16.0 Å². The van der Waals surface area contributed by atoms with E-state index in [-0.39, 0.29) is 24.8 Å². The van der Waals surface area contributed by atoms with Crippen LogP contribution in [0.3, 0.4) is 0 Å². The monoisotopic (exact) mass is 431 g/mol. The van der Waals surface area contributed by atoms with Gasteiger partial charge in [-0.25, -0.2) is 4.98 Å². The number of nitrogens with one attached hydrogen (secondary N) is 2. The first kappa shape index (κ1) is 19.3. The number of nitrogens with zero attached hydrogens (tertiary/aromatic N) is 1. The fourth-order valence-electron chi connectivity index (χ4n) is 2.80. The Hall–Kier alpha value is -3.03. The average Bonchev–Trinajstić information content (AvgIpc) is 3.17. The molecule has 3 aromatic rings. The Labute approximate surface area is 176 Å². The molecule has 1 aliphatic rings. The molecule has 1 aromatic heterocycles. The first-order valence-electron chi connectivity index (χ1n) is 8.74. The van der Waals surface area contributed by atoms with Crippen molar-refractivity contribution in [3.05, 3.63) is 58.5 Å². The highest BCUT2D eigenvalue weighted by atomic mass is 35.5. The number of benzene rings is 2. The van der Waals surface area contributed by atoms with Crippen LogP contribution in [0.25, 0.3) is 11.3 Å². The van der Waals surface area contributed by atoms with Gasteiger partial charge in [0.1, 0.15) is 5.75 Å². The van der Waals surface area contributed by atoms with Crippen LogP contribution in [0.2, 0.25) is 10.0 Å². The van der Waals surface area contributed by atoms with Gasteiger partial charge in [-0.15, -0.1) is 0 Å². The summed E-state index contributed by atoms with van der Waals surface area (Å²) in [5.41, 5.74) is 1.73. The van der Waals surface area contributed by atoms with Crippen molar-refractivity contribution in [2.24, 2.45) is 0 Å². The molecule has 0 radical (unpaired) electrons. The van der Waals surface area contributed by atoms with Gasteiger partial charge in [0.05, 0.1) is 22.6 Å². The second-order valence-corrected chi connectivity index (χ2v) is 7.18. The number of aryl methyl sites for hydroxylation is 1. The van der Waals surface area contributed by atoms with Crippen LogP contribution in [0.5, 0.6) is 5.75 Å². The summed E-state index contributed by atoms with van der Waals surface area (Å²) in [5.74, 6) is 0.999. The Morgan fingerprint density at radius 1 is 1.21 bits per heavy atom. The molecule has 0 aliphatic carbocycles. The molecule has 0 saturated heterocycles. The highest BCUT2D eigenvalue weighted by Gasteiger charge is 2.19. The van der Waals surface area contributed by atoms with E-state index in [2.05, 4.69) is 15.6 Å². The fraction of sp³-hybridized carbons (Fsp3) is 0.150. The van der Waals surface area contributed by atoms with Crippen molar-refractivity contribution in [1.29, 1.82) is 0 Å². The van der Waals surface area contributed by atoms with Gasteiger partial charge in [-0.3, -0.25) is 9.59 Å². The number of carbonyl (C=O) groups excluding carboxylic acids is 2. The van der Waals surface area contributed by atoms with Crippen molar-refractivity contribution in [3.63, 3.8) is 0 Å². The molecule has 9 heteroatoms. The summed E-state index contributed by atoms with van der Waals surface area (Å²) in [6.45, 7) is -0.0812. The molecule has 1 aliphatic heterocycles. The lowest BCUT2D eigenvalue weighted by molar-refractivity contribution is -0.118. The Morgan fingerprint density at radius 2 is 2.00 bits per heavy atom. The number of halogens is 2. The standard InChI is InChI=1S/C20H15Cl2N3O4/c21-12-3-1-11(2-4-12)17-9-23-20(29-17)6-5-18(26)24-14-8-16-15(7-13(14)22)25-19(27)10-28-16/h1-4,7-9H,5-6,10H2,(H,24,26)(H,25,27).